The van der Waals surface area contributed by atoms with E-state index in [-0.39, 0.29) is 5.91 Å². The molecule has 0 bridgehead atoms. The molecule has 0 aliphatic rings. The number of hydrogen-bond donors (Lipinski definition) is 1. The van der Waals surface area contributed by atoms with Crippen LogP contribution >= 0.6 is 27.3 Å². The highest BCUT2D eigenvalue weighted by molar-refractivity contribution is 9.10. The van der Waals surface area contributed by atoms with Gasteiger partial charge in [0, 0.05) is 32.9 Å². The Morgan fingerprint density at radius 3 is 2.41 bits per heavy atom. The molecule has 0 atom stereocenters. The van der Waals surface area contributed by atoms with Gasteiger partial charge in [0.1, 0.15) is 10.6 Å². The number of carbonyl (C=O) groups excluding carboxylic acids is 2. The third-order valence-electron chi connectivity index (χ3n) is 3.99. The highest BCUT2D eigenvalue weighted by Gasteiger charge is 2.26. The normalized spacial score (nSPS) is 10.5. The van der Waals surface area contributed by atoms with Gasteiger partial charge in [-0.1, -0.05) is 35.0 Å². The van der Waals surface area contributed by atoms with Crippen molar-refractivity contribution in [1.29, 1.82) is 0 Å². The number of methoxy groups -OCH3 is 1. The van der Waals surface area contributed by atoms with Gasteiger partial charge in [-0.15, -0.1) is 11.3 Å². The molecule has 2 heterocycles. The number of thiophene rings is 1. The van der Waals surface area contributed by atoms with Gasteiger partial charge in [-0.3, -0.25) is 9.78 Å². The summed E-state index contributed by atoms with van der Waals surface area (Å²) in [5.41, 5.74) is 2.55. The SMILES string of the molecule is CCc1sc(NC(=O)c2ccncc2)c(C(=O)OC)c1-c1ccc(Br)cc1. The molecular weight excluding hydrogens is 428 g/mol. The minimum atomic E-state index is -0.478. The number of esters is 1. The van der Waals surface area contributed by atoms with Gasteiger partial charge in [0.25, 0.3) is 5.91 Å². The molecule has 27 heavy (non-hydrogen) atoms. The Hall–Kier alpha value is -2.51. The van der Waals surface area contributed by atoms with Gasteiger partial charge < -0.3 is 10.1 Å². The van der Waals surface area contributed by atoms with Crippen LogP contribution in [0, 0.1) is 0 Å². The van der Waals surface area contributed by atoms with E-state index in [2.05, 4.69) is 26.2 Å². The quantitative estimate of drug-likeness (QED) is 0.550. The summed E-state index contributed by atoms with van der Waals surface area (Å²) in [5, 5.41) is 3.34. The molecule has 0 unspecified atom stereocenters. The van der Waals surface area contributed by atoms with Crippen LogP contribution in [0.1, 0.15) is 32.5 Å². The third kappa shape index (κ3) is 4.09. The van der Waals surface area contributed by atoms with E-state index in [1.165, 1.54) is 18.4 Å². The van der Waals surface area contributed by atoms with Crippen molar-refractivity contribution in [3.8, 4) is 11.1 Å². The van der Waals surface area contributed by atoms with Crippen LogP contribution in [-0.4, -0.2) is 24.0 Å². The third-order valence-corrected chi connectivity index (χ3v) is 5.77. The number of ether oxygens (including phenoxy) is 1. The second-order valence-electron chi connectivity index (χ2n) is 5.65. The topological polar surface area (TPSA) is 68.3 Å². The lowest BCUT2D eigenvalue weighted by Gasteiger charge is -2.08. The number of pyridine rings is 1. The predicted octanol–water partition coefficient (Wildman–Crippen LogP) is 5.17. The van der Waals surface area contributed by atoms with Crippen LogP contribution < -0.4 is 5.32 Å². The molecular formula is C20H17BrN2O3S. The summed E-state index contributed by atoms with van der Waals surface area (Å²) in [5.74, 6) is -0.775. The Balaban J connectivity index is 2.10. The fourth-order valence-electron chi connectivity index (χ4n) is 2.71. The standard InChI is InChI=1S/C20H17BrN2O3S/c1-3-15-16(12-4-6-14(21)7-5-12)17(20(25)26-2)19(27-15)23-18(24)13-8-10-22-11-9-13/h4-11H,3H2,1-2H3,(H,23,24). The van der Waals surface area contributed by atoms with E-state index in [0.717, 1.165) is 26.9 Å². The number of benzene rings is 1. The van der Waals surface area contributed by atoms with Gasteiger partial charge in [-0.25, -0.2) is 4.79 Å². The maximum atomic E-state index is 12.6. The molecule has 0 aliphatic carbocycles. The average Bonchev–Trinajstić information content (AvgIpc) is 3.06. The second-order valence-corrected chi connectivity index (χ2v) is 7.67. The Bertz CT molecular complexity index is 969. The molecule has 0 radical (unpaired) electrons. The molecule has 1 N–H and O–H groups in total. The summed E-state index contributed by atoms with van der Waals surface area (Å²) in [4.78, 5) is 30.1. The van der Waals surface area contributed by atoms with E-state index in [1.807, 2.05) is 31.2 Å². The Morgan fingerprint density at radius 1 is 1.15 bits per heavy atom. The summed E-state index contributed by atoms with van der Waals surface area (Å²) in [6.45, 7) is 2.02. The molecule has 3 rings (SSSR count). The number of aromatic nitrogens is 1. The maximum absolute atomic E-state index is 12.6. The van der Waals surface area contributed by atoms with Gasteiger partial charge in [0.15, 0.2) is 0 Å². The second kappa shape index (κ2) is 8.45. The van der Waals surface area contributed by atoms with Gasteiger partial charge in [-0.05, 0) is 36.2 Å². The largest absolute Gasteiger partial charge is 0.465 e. The average molecular weight is 445 g/mol. The highest BCUT2D eigenvalue weighted by atomic mass is 79.9. The van der Waals surface area contributed by atoms with Crippen LogP contribution in [0.15, 0.2) is 53.3 Å². The monoisotopic (exact) mass is 444 g/mol. The first-order valence-corrected chi connectivity index (χ1v) is 9.87. The Morgan fingerprint density at radius 2 is 1.81 bits per heavy atom. The van der Waals surface area contributed by atoms with Gasteiger partial charge in [-0.2, -0.15) is 0 Å². The van der Waals surface area contributed by atoms with Crippen molar-refractivity contribution in [3.05, 3.63) is 69.3 Å². The fourth-order valence-corrected chi connectivity index (χ4v) is 4.12. The molecule has 1 amide bonds. The molecule has 0 spiro atoms. The summed E-state index contributed by atoms with van der Waals surface area (Å²) < 4.78 is 5.95. The number of aryl methyl sites for hydroxylation is 1. The minimum absolute atomic E-state index is 0.297. The van der Waals surface area contributed by atoms with Crippen LogP contribution in [0.3, 0.4) is 0 Å². The lowest BCUT2D eigenvalue weighted by molar-refractivity contribution is 0.0603. The van der Waals surface area contributed by atoms with E-state index in [1.54, 1.807) is 24.5 Å². The first-order valence-electron chi connectivity index (χ1n) is 8.26. The van der Waals surface area contributed by atoms with E-state index in [4.69, 9.17) is 4.74 Å². The van der Waals surface area contributed by atoms with Crippen LogP contribution in [0.2, 0.25) is 0 Å². The predicted molar refractivity (Wildman–Crippen MR) is 110 cm³/mol. The molecule has 0 aliphatic heterocycles. The molecule has 3 aromatic rings. The van der Waals surface area contributed by atoms with Crippen LogP contribution in [0.25, 0.3) is 11.1 Å². The number of carbonyl (C=O) groups is 2. The van der Waals surface area contributed by atoms with Gasteiger partial charge >= 0.3 is 5.97 Å². The molecule has 0 saturated carbocycles. The van der Waals surface area contributed by atoms with Crippen molar-refractivity contribution >= 4 is 44.1 Å². The maximum Gasteiger partial charge on any atom is 0.341 e. The molecule has 5 nitrogen and oxygen atoms in total. The van der Waals surface area contributed by atoms with Crippen LogP contribution in [0.5, 0.6) is 0 Å². The fraction of sp³-hybridized carbons (Fsp3) is 0.150. The molecule has 2 aromatic heterocycles. The number of rotatable bonds is 5. The van der Waals surface area contributed by atoms with E-state index in [9.17, 15) is 9.59 Å². The van der Waals surface area contributed by atoms with Crippen molar-refractivity contribution in [2.45, 2.75) is 13.3 Å². The van der Waals surface area contributed by atoms with Crippen LogP contribution in [-0.2, 0) is 11.2 Å². The number of amides is 1. The summed E-state index contributed by atoms with van der Waals surface area (Å²) >= 11 is 4.82. The molecule has 7 heteroatoms. The minimum Gasteiger partial charge on any atom is -0.465 e. The molecule has 1 aromatic carbocycles. The summed E-state index contributed by atoms with van der Waals surface area (Å²) in [6, 6.07) is 11.0. The summed E-state index contributed by atoms with van der Waals surface area (Å²) in [7, 11) is 1.34. The van der Waals surface area contributed by atoms with Gasteiger partial charge in [0.05, 0.1) is 7.11 Å². The first kappa shape index (κ1) is 19.3. The lowest BCUT2D eigenvalue weighted by atomic mass is 10.00. The first-order chi connectivity index (χ1) is 13.0. The van der Waals surface area contributed by atoms with Gasteiger partial charge in [0.2, 0.25) is 0 Å². The number of hydrogen-bond acceptors (Lipinski definition) is 5. The van der Waals surface area contributed by atoms with Crippen molar-refractivity contribution in [1.82, 2.24) is 4.98 Å². The lowest BCUT2D eigenvalue weighted by Crippen LogP contribution is -2.14. The number of nitrogens with zero attached hydrogens (tertiary/aromatic N) is 1. The zero-order valence-corrected chi connectivity index (χ0v) is 17.2. The number of halogens is 1. The van der Waals surface area contributed by atoms with Crippen LogP contribution in [0.4, 0.5) is 5.00 Å². The number of anilines is 1. The molecule has 0 saturated heterocycles. The Labute approximate surface area is 169 Å². The van der Waals surface area contributed by atoms with Crippen molar-refractivity contribution in [3.63, 3.8) is 0 Å². The Kier molecular flexibility index (Phi) is 6.03. The van der Waals surface area contributed by atoms with Crippen molar-refractivity contribution in [2.75, 3.05) is 12.4 Å². The van der Waals surface area contributed by atoms with E-state index < -0.39 is 5.97 Å². The number of nitrogens with one attached hydrogen (secondary N) is 1. The smallest absolute Gasteiger partial charge is 0.341 e. The zero-order valence-electron chi connectivity index (χ0n) is 14.8. The molecule has 138 valence electrons. The van der Waals surface area contributed by atoms with Crippen molar-refractivity contribution < 1.29 is 14.3 Å². The van der Waals surface area contributed by atoms with Crippen molar-refractivity contribution in [2.24, 2.45) is 0 Å². The summed E-state index contributed by atoms with van der Waals surface area (Å²) in [6.07, 6.45) is 3.83. The van der Waals surface area contributed by atoms with E-state index >= 15 is 0 Å². The zero-order chi connectivity index (χ0) is 19.4. The highest BCUT2D eigenvalue weighted by Crippen LogP contribution is 2.41. The van der Waals surface area contributed by atoms with E-state index in [0.29, 0.717) is 16.1 Å². The molecule has 0 fully saturated rings.